The maximum Gasteiger partial charge on any atom is 0.440 e. The van der Waals surface area contributed by atoms with Gasteiger partial charge in [0.05, 0.1) is 25.4 Å². The average Bonchev–Trinajstić information content (AvgIpc) is 4.30. The van der Waals surface area contributed by atoms with Crippen LogP contribution in [0.2, 0.25) is 0 Å². The predicted octanol–water partition coefficient (Wildman–Crippen LogP) is 9.94. The molecule has 0 spiro atoms. The molecule has 22 nitrogen and oxygen atoms in total. The summed E-state index contributed by atoms with van der Waals surface area (Å²) in [5, 5.41) is 28.2. The first-order chi connectivity index (χ1) is 38.7. The standard InChI is InChI=1S/C25H26N6O3S.C19H21N3OS.C12H10N4O5/c1-17-7-8-19(21(15-17)34-24-27-20-5-3-4-6-22(20)35-24)16-29-11-13-30(14-12-29)25(33)31-10-9-23(28-31)26-18(2)32;1-14-6-7-15(13-22-10-8-20-9-11-22)17(12-14)23-19-21-16-4-2-3-5-18(16)24-19;1-8(17)13-11-6-7-15(14-11)12(18)21-10-4-2-9(3-5-10)16(19)20/h3-10,15H,11-14,16H2,1-2H3,(H,26,28,32);2-7,12,20H,8-11,13H2,1H3;2-7H,1H3,(H,13,14,17). The molecule has 0 atom stereocenters. The van der Waals surface area contributed by atoms with Gasteiger partial charge in [0.25, 0.3) is 16.1 Å². The van der Waals surface area contributed by atoms with Gasteiger partial charge in [-0.15, -0.1) is 10.2 Å². The average molecular weight is 1120 g/mol. The van der Waals surface area contributed by atoms with E-state index in [9.17, 15) is 29.3 Å². The van der Waals surface area contributed by atoms with Gasteiger partial charge < -0.3 is 35.1 Å². The van der Waals surface area contributed by atoms with Gasteiger partial charge in [-0.2, -0.15) is 9.36 Å². The van der Waals surface area contributed by atoms with E-state index in [2.05, 4.69) is 89.2 Å². The number of nitrogens with zero attached hydrogens (tertiary/aromatic N) is 10. The number of benzene rings is 5. The molecular formula is C56H57N13O9S2. The first-order valence-electron chi connectivity index (χ1n) is 25.5. The minimum Gasteiger partial charge on any atom is -0.431 e. The summed E-state index contributed by atoms with van der Waals surface area (Å²) in [7, 11) is 0. The molecular weight excluding hydrogens is 1060 g/mol. The van der Waals surface area contributed by atoms with Gasteiger partial charge in [0.2, 0.25) is 11.8 Å². The number of fused-ring (bicyclic) bond motifs is 2. The number of non-ortho nitro benzene ring substituents is 1. The molecule has 0 bridgehead atoms. The van der Waals surface area contributed by atoms with Crippen LogP contribution in [0.5, 0.6) is 27.6 Å². The number of rotatable bonds is 12. The molecule has 2 fully saturated rings. The minimum atomic E-state index is -0.805. The van der Waals surface area contributed by atoms with Gasteiger partial charge in [-0.3, -0.25) is 29.5 Å². The number of piperazine rings is 2. The highest BCUT2D eigenvalue weighted by molar-refractivity contribution is 7.20. The molecule has 0 unspecified atom stereocenters. The number of nitro benzene ring substituents is 1. The zero-order valence-electron chi connectivity index (χ0n) is 44.2. The number of aromatic nitrogens is 6. The van der Waals surface area contributed by atoms with Gasteiger partial charge in [0, 0.05) is 127 Å². The lowest BCUT2D eigenvalue weighted by Crippen LogP contribution is -2.49. The first-order valence-corrected chi connectivity index (χ1v) is 27.1. The number of hydrogen-bond donors (Lipinski definition) is 3. The Labute approximate surface area is 467 Å². The number of thiazole rings is 2. The van der Waals surface area contributed by atoms with Crippen molar-refractivity contribution in [3.8, 4) is 27.6 Å². The van der Waals surface area contributed by atoms with Crippen LogP contribution < -0.4 is 30.2 Å². The highest BCUT2D eigenvalue weighted by Crippen LogP contribution is 2.35. The number of nitrogens with one attached hydrogen (secondary N) is 3. The van der Waals surface area contributed by atoms with Crippen molar-refractivity contribution in [2.24, 2.45) is 0 Å². The largest absolute Gasteiger partial charge is 0.440 e. The van der Waals surface area contributed by atoms with E-state index in [1.54, 1.807) is 28.5 Å². The Kier molecular flexibility index (Phi) is 18.2. The molecule has 0 saturated carbocycles. The van der Waals surface area contributed by atoms with Crippen LogP contribution in [0.25, 0.3) is 20.4 Å². The van der Waals surface area contributed by atoms with Crippen LogP contribution >= 0.6 is 22.7 Å². The van der Waals surface area contributed by atoms with Gasteiger partial charge in [0.1, 0.15) is 17.2 Å². The van der Waals surface area contributed by atoms with Crippen LogP contribution in [-0.4, -0.2) is 125 Å². The third-order valence-electron chi connectivity index (χ3n) is 12.5. The number of carbonyl (C=O) groups is 4. The third-order valence-corrected chi connectivity index (χ3v) is 14.3. The second-order valence-corrected chi connectivity index (χ2v) is 20.7. The van der Waals surface area contributed by atoms with Crippen molar-refractivity contribution in [2.75, 3.05) is 63.0 Å². The number of hydrogen-bond acceptors (Lipinski definition) is 18. The molecule has 5 aromatic carbocycles. The Morgan fingerprint density at radius 2 is 1.11 bits per heavy atom. The van der Waals surface area contributed by atoms with Gasteiger partial charge in [-0.1, -0.05) is 71.2 Å². The molecule has 3 N–H and O–H groups in total. The maximum atomic E-state index is 12.8. The zero-order chi connectivity index (χ0) is 56.1. The molecule has 412 valence electrons. The Morgan fingerprint density at radius 1 is 0.625 bits per heavy atom. The van der Waals surface area contributed by atoms with Crippen molar-refractivity contribution in [2.45, 2.75) is 40.8 Å². The van der Waals surface area contributed by atoms with Crippen LogP contribution in [0.4, 0.5) is 26.9 Å². The van der Waals surface area contributed by atoms with Gasteiger partial charge >= 0.3 is 12.1 Å². The van der Waals surface area contributed by atoms with Gasteiger partial charge in [-0.25, -0.2) is 19.6 Å². The summed E-state index contributed by atoms with van der Waals surface area (Å²) in [6, 6.07) is 36.7. The van der Waals surface area contributed by atoms with Crippen LogP contribution in [0.15, 0.2) is 134 Å². The number of ether oxygens (including phenoxy) is 3. The molecule has 0 aliphatic carbocycles. The van der Waals surface area contributed by atoms with Crippen molar-refractivity contribution in [1.29, 1.82) is 0 Å². The van der Waals surface area contributed by atoms with E-state index in [0.717, 1.165) is 100 Å². The fourth-order valence-corrected chi connectivity index (χ4v) is 10.1. The van der Waals surface area contributed by atoms with Crippen LogP contribution in [0.3, 0.4) is 0 Å². The van der Waals surface area contributed by atoms with Crippen molar-refractivity contribution >= 4 is 84.4 Å². The number of para-hydroxylation sites is 2. The van der Waals surface area contributed by atoms with E-state index in [-0.39, 0.29) is 35.1 Å². The molecule has 2 aliphatic heterocycles. The summed E-state index contributed by atoms with van der Waals surface area (Å²) >= 11 is 3.13. The topological polar surface area (TPSA) is 246 Å². The summed E-state index contributed by atoms with van der Waals surface area (Å²) in [5.41, 5.74) is 6.45. The second-order valence-electron chi connectivity index (χ2n) is 18.7. The van der Waals surface area contributed by atoms with E-state index < -0.39 is 11.0 Å². The number of anilines is 2. The van der Waals surface area contributed by atoms with Crippen molar-refractivity contribution < 1.29 is 38.3 Å². The molecule has 4 aromatic heterocycles. The third kappa shape index (κ3) is 15.2. The lowest BCUT2D eigenvalue weighted by Gasteiger charge is -2.34. The summed E-state index contributed by atoms with van der Waals surface area (Å²) < 4.78 is 21.8. The van der Waals surface area contributed by atoms with Crippen LogP contribution in [0, 0.1) is 24.0 Å². The van der Waals surface area contributed by atoms with Crippen molar-refractivity contribution in [3.05, 3.63) is 166 Å². The molecule has 24 heteroatoms. The maximum absolute atomic E-state index is 12.8. The van der Waals surface area contributed by atoms with Crippen LogP contribution in [0.1, 0.15) is 36.1 Å². The van der Waals surface area contributed by atoms with Gasteiger partial charge in [-0.05, 0) is 73.5 Å². The van der Waals surface area contributed by atoms with Crippen molar-refractivity contribution in [1.82, 2.24) is 49.5 Å². The number of nitro groups is 1. The van der Waals surface area contributed by atoms with E-state index in [1.807, 2.05) is 55.5 Å². The number of amides is 3. The highest BCUT2D eigenvalue weighted by atomic mass is 32.1. The van der Waals surface area contributed by atoms with E-state index in [1.165, 1.54) is 77.5 Å². The predicted molar refractivity (Wildman–Crippen MR) is 305 cm³/mol. The molecule has 80 heavy (non-hydrogen) atoms. The monoisotopic (exact) mass is 1120 g/mol. The molecule has 3 amide bonds. The Morgan fingerprint density at radius 3 is 1.61 bits per heavy atom. The molecule has 0 radical (unpaired) electrons. The van der Waals surface area contributed by atoms with Gasteiger partial charge in [0.15, 0.2) is 11.6 Å². The van der Waals surface area contributed by atoms with Crippen molar-refractivity contribution in [3.63, 3.8) is 0 Å². The smallest absolute Gasteiger partial charge is 0.431 e. The Hall–Kier alpha value is -8.94. The summed E-state index contributed by atoms with van der Waals surface area (Å²) in [4.78, 5) is 72.3. The second kappa shape index (κ2) is 26.1. The van der Waals surface area contributed by atoms with E-state index >= 15 is 0 Å². The Bertz CT molecular complexity index is 3570. The first kappa shape index (κ1) is 55.8. The lowest BCUT2D eigenvalue weighted by atomic mass is 10.1. The molecule has 6 heterocycles. The van der Waals surface area contributed by atoms with Crippen LogP contribution in [-0.2, 0) is 22.7 Å². The summed E-state index contributed by atoms with van der Waals surface area (Å²) in [6.07, 6.45) is 2.08. The SMILES string of the molecule is CC(=O)Nc1ccn(C(=O)N2CCN(Cc3ccc(C)cc3Oc3nc4ccccc4s3)CC2)n1.CC(=O)Nc1ccn(C(=O)Oc2ccc([N+](=O)[O-])cc2)n1.Cc1ccc(CN2CCNCC2)c(Oc2nc3ccccc3s2)c1. The number of aryl methyl sites for hydroxylation is 2. The lowest BCUT2D eigenvalue weighted by molar-refractivity contribution is -0.384. The summed E-state index contributed by atoms with van der Waals surface area (Å²) in [5.74, 6) is 1.91. The van der Waals surface area contributed by atoms with E-state index in [4.69, 9.17) is 14.2 Å². The molecule has 2 aliphatic rings. The minimum absolute atomic E-state index is 0.109. The zero-order valence-corrected chi connectivity index (χ0v) is 45.9. The Balaban J connectivity index is 0.000000152. The summed E-state index contributed by atoms with van der Waals surface area (Å²) in [6.45, 7) is 15.4. The normalized spacial score (nSPS) is 13.6. The molecule has 11 rings (SSSR count). The molecule has 9 aromatic rings. The highest BCUT2D eigenvalue weighted by Gasteiger charge is 2.25. The quantitative estimate of drug-likeness (QED) is 0.0761. The fourth-order valence-electron chi connectivity index (χ4n) is 8.48. The number of carbonyl (C=O) groups excluding carboxylic acids is 4. The van der Waals surface area contributed by atoms with E-state index in [0.29, 0.717) is 29.3 Å². The molecule has 2 saturated heterocycles. The fraction of sp³-hybridized carbons (Fsp3) is 0.250.